The van der Waals surface area contributed by atoms with Gasteiger partial charge in [0, 0.05) is 30.4 Å². The fourth-order valence-corrected chi connectivity index (χ4v) is 1.94. The molecule has 0 bridgehead atoms. The van der Waals surface area contributed by atoms with Crippen LogP contribution in [0, 0.1) is 11.6 Å². The highest BCUT2D eigenvalue weighted by Crippen LogP contribution is 2.13. The smallest absolute Gasteiger partial charge is 0.227 e. The topological polar surface area (TPSA) is 20.3 Å². The predicted molar refractivity (Wildman–Crippen MR) is 68.1 cm³/mol. The Hall–Kier alpha value is -0.870. The van der Waals surface area contributed by atoms with Crippen LogP contribution in [0.5, 0.6) is 0 Å². The maximum Gasteiger partial charge on any atom is 0.227 e. The first kappa shape index (κ1) is 15.2. The Morgan fingerprint density at radius 3 is 2.06 bits per heavy atom. The number of alkyl halides is 2. The molecule has 0 aliphatic carbocycles. The first-order chi connectivity index (χ1) is 8.60. The Bertz CT molecular complexity index is 389. The van der Waals surface area contributed by atoms with Gasteiger partial charge in [-0.1, -0.05) is 6.07 Å². The van der Waals surface area contributed by atoms with E-state index in [4.69, 9.17) is 23.2 Å². The number of nitrogens with zero attached hydrogens (tertiary/aromatic N) is 1. The number of carbonyl (C=O) groups excluding carboxylic acids is 1. The maximum atomic E-state index is 13.4. The third kappa shape index (κ3) is 4.10. The van der Waals surface area contributed by atoms with Crippen LogP contribution in [0.2, 0.25) is 0 Å². The van der Waals surface area contributed by atoms with Crippen LogP contribution in [0.1, 0.15) is 5.56 Å². The number of hydrogen-bond donors (Lipinski definition) is 0. The van der Waals surface area contributed by atoms with Crippen LogP contribution in [0.15, 0.2) is 18.2 Å². The molecule has 0 N–H and O–H groups in total. The van der Waals surface area contributed by atoms with E-state index in [0.717, 1.165) is 12.1 Å². The number of halogens is 4. The summed E-state index contributed by atoms with van der Waals surface area (Å²) >= 11 is 11.1. The summed E-state index contributed by atoms with van der Waals surface area (Å²) in [4.78, 5) is 13.3. The van der Waals surface area contributed by atoms with Gasteiger partial charge in [-0.25, -0.2) is 8.78 Å². The van der Waals surface area contributed by atoms with Gasteiger partial charge in [-0.05, 0) is 12.1 Å². The fraction of sp³-hybridized carbons (Fsp3) is 0.417. The van der Waals surface area contributed by atoms with Gasteiger partial charge >= 0.3 is 0 Å². The molecule has 1 amide bonds. The van der Waals surface area contributed by atoms with Crippen molar-refractivity contribution in [2.24, 2.45) is 0 Å². The van der Waals surface area contributed by atoms with Gasteiger partial charge in [0.25, 0.3) is 0 Å². The number of carbonyl (C=O) groups is 1. The molecule has 0 radical (unpaired) electrons. The zero-order valence-corrected chi connectivity index (χ0v) is 11.1. The largest absolute Gasteiger partial charge is 0.340 e. The van der Waals surface area contributed by atoms with Crippen molar-refractivity contribution in [2.75, 3.05) is 24.8 Å². The summed E-state index contributed by atoms with van der Waals surface area (Å²) in [6.07, 6.45) is -0.327. The summed E-state index contributed by atoms with van der Waals surface area (Å²) in [5.41, 5.74) is -0.225. The highest BCUT2D eigenvalue weighted by molar-refractivity contribution is 6.18. The lowest BCUT2D eigenvalue weighted by Crippen LogP contribution is -2.35. The Labute approximate surface area is 114 Å². The van der Waals surface area contributed by atoms with E-state index in [1.807, 2.05) is 0 Å². The Morgan fingerprint density at radius 1 is 1.11 bits per heavy atom. The van der Waals surface area contributed by atoms with Crippen LogP contribution in [0.3, 0.4) is 0 Å². The second-order valence-electron chi connectivity index (χ2n) is 3.64. The Balaban J connectivity index is 2.79. The van der Waals surface area contributed by atoms with Gasteiger partial charge in [0.05, 0.1) is 6.42 Å². The van der Waals surface area contributed by atoms with E-state index in [9.17, 15) is 13.6 Å². The summed E-state index contributed by atoms with van der Waals surface area (Å²) in [6, 6.07) is 3.51. The minimum Gasteiger partial charge on any atom is -0.340 e. The second-order valence-corrected chi connectivity index (χ2v) is 4.39. The number of benzene rings is 1. The van der Waals surface area contributed by atoms with E-state index < -0.39 is 11.6 Å². The van der Waals surface area contributed by atoms with Crippen molar-refractivity contribution in [3.8, 4) is 0 Å². The van der Waals surface area contributed by atoms with Gasteiger partial charge in [0.15, 0.2) is 0 Å². The van der Waals surface area contributed by atoms with Crippen molar-refractivity contribution in [3.63, 3.8) is 0 Å². The zero-order chi connectivity index (χ0) is 13.5. The third-order valence-corrected chi connectivity index (χ3v) is 2.79. The van der Waals surface area contributed by atoms with Crippen molar-refractivity contribution in [1.29, 1.82) is 0 Å². The molecule has 0 saturated heterocycles. The van der Waals surface area contributed by atoms with E-state index in [1.165, 1.54) is 11.0 Å². The van der Waals surface area contributed by atoms with Crippen LogP contribution in [-0.2, 0) is 11.2 Å². The summed E-state index contributed by atoms with van der Waals surface area (Å²) < 4.78 is 26.8. The van der Waals surface area contributed by atoms with Crippen LogP contribution in [0.4, 0.5) is 8.78 Å². The number of hydrogen-bond acceptors (Lipinski definition) is 1. The SMILES string of the molecule is O=C(Cc1c(F)cccc1F)N(CCCl)CCCl. The Kier molecular flexibility index (Phi) is 6.36. The van der Waals surface area contributed by atoms with Crippen molar-refractivity contribution in [2.45, 2.75) is 6.42 Å². The summed E-state index contributed by atoms with van der Waals surface area (Å²) in [5, 5.41) is 0. The monoisotopic (exact) mass is 295 g/mol. The molecule has 2 nitrogen and oxygen atoms in total. The number of amides is 1. The molecule has 0 aliphatic rings. The molecule has 0 saturated carbocycles. The van der Waals surface area contributed by atoms with Crippen molar-refractivity contribution >= 4 is 29.1 Å². The number of rotatable bonds is 6. The normalized spacial score (nSPS) is 10.4. The molecule has 18 heavy (non-hydrogen) atoms. The molecule has 1 aromatic carbocycles. The minimum atomic E-state index is -0.722. The van der Waals surface area contributed by atoms with Gasteiger partial charge in [0.2, 0.25) is 5.91 Å². The lowest BCUT2D eigenvalue weighted by atomic mass is 10.1. The van der Waals surface area contributed by atoms with Crippen LogP contribution in [-0.4, -0.2) is 35.7 Å². The first-order valence-corrected chi connectivity index (χ1v) is 6.49. The highest BCUT2D eigenvalue weighted by atomic mass is 35.5. The van der Waals surface area contributed by atoms with Gasteiger partial charge < -0.3 is 4.90 Å². The standard InChI is InChI=1S/C12H13Cl2F2NO/c13-4-6-17(7-5-14)12(18)8-9-10(15)2-1-3-11(9)16/h1-3H,4-8H2. The highest BCUT2D eigenvalue weighted by Gasteiger charge is 2.17. The van der Waals surface area contributed by atoms with Crippen molar-refractivity contribution in [1.82, 2.24) is 4.90 Å². The van der Waals surface area contributed by atoms with E-state index >= 15 is 0 Å². The van der Waals surface area contributed by atoms with Crippen molar-refractivity contribution in [3.05, 3.63) is 35.4 Å². The van der Waals surface area contributed by atoms with E-state index in [-0.39, 0.29) is 29.7 Å². The quantitative estimate of drug-likeness (QED) is 0.739. The molecule has 1 aromatic rings. The molecule has 1 rings (SSSR count). The van der Waals surface area contributed by atoms with Crippen LogP contribution >= 0.6 is 23.2 Å². The summed E-state index contributed by atoms with van der Waals surface area (Å²) in [6.45, 7) is 0.617. The van der Waals surface area contributed by atoms with Gasteiger partial charge in [-0.15, -0.1) is 23.2 Å². The first-order valence-electron chi connectivity index (χ1n) is 5.42. The molecule has 0 heterocycles. The summed E-state index contributed by atoms with van der Waals surface area (Å²) in [5.74, 6) is -1.33. The molecule has 0 unspecified atom stereocenters. The molecule has 0 aromatic heterocycles. The van der Waals surface area contributed by atoms with E-state index in [2.05, 4.69) is 0 Å². The molecule has 6 heteroatoms. The van der Waals surface area contributed by atoms with Crippen LogP contribution in [0.25, 0.3) is 0 Å². The minimum absolute atomic E-state index is 0.225. The van der Waals surface area contributed by atoms with E-state index in [0.29, 0.717) is 13.1 Å². The van der Waals surface area contributed by atoms with Gasteiger partial charge in [-0.2, -0.15) is 0 Å². The molecular formula is C12H13Cl2F2NO. The maximum absolute atomic E-state index is 13.4. The average molecular weight is 296 g/mol. The van der Waals surface area contributed by atoms with Gasteiger partial charge in [-0.3, -0.25) is 4.79 Å². The summed E-state index contributed by atoms with van der Waals surface area (Å²) in [7, 11) is 0. The fourth-order valence-electron chi connectivity index (χ4n) is 1.53. The average Bonchev–Trinajstić information content (AvgIpc) is 2.33. The van der Waals surface area contributed by atoms with Crippen molar-refractivity contribution < 1.29 is 13.6 Å². The molecule has 0 atom stereocenters. The van der Waals surface area contributed by atoms with Crippen LogP contribution < -0.4 is 0 Å². The molecule has 0 aliphatic heterocycles. The third-order valence-electron chi connectivity index (χ3n) is 2.45. The molecule has 100 valence electrons. The second kappa shape index (κ2) is 7.54. The van der Waals surface area contributed by atoms with E-state index in [1.54, 1.807) is 0 Å². The zero-order valence-electron chi connectivity index (χ0n) is 9.63. The molecule has 0 fully saturated rings. The lowest BCUT2D eigenvalue weighted by Gasteiger charge is -2.20. The lowest BCUT2D eigenvalue weighted by molar-refractivity contribution is -0.130. The Morgan fingerprint density at radius 2 is 1.61 bits per heavy atom. The predicted octanol–water partition coefficient (Wildman–Crippen LogP) is 2.81. The molecule has 0 spiro atoms. The van der Waals surface area contributed by atoms with Gasteiger partial charge in [0.1, 0.15) is 11.6 Å². The molecular weight excluding hydrogens is 283 g/mol.